The number of aromatic amines is 1. The molecule has 178 valence electrons. The second-order valence-corrected chi connectivity index (χ2v) is 8.41. The molecule has 0 spiro atoms. The van der Waals surface area contributed by atoms with Crippen molar-refractivity contribution < 1.29 is 9.53 Å². The first-order valence-corrected chi connectivity index (χ1v) is 11.2. The van der Waals surface area contributed by atoms with Crippen LogP contribution < -0.4 is 15.1 Å². The zero-order valence-corrected chi connectivity index (χ0v) is 19.3. The van der Waals surface area contributed by atoms with Crippen LogP contribution >= 0.6 is 0 Å². The van der Waals surface area contributed by atoms with Gasteiger partial charge in [-0.25, -0.2) is 14.6 Å². The van der Waals surface area contributed by atoms with Gasteiger partial charge in [-0.15, -0.1) is 0 Å². The molecule has 4 aromatic rings. The lowest BCUT2D eigenvalue weighted by atomic mass is 10.1. The molecule has 0 saturated carbocycles. The monoisotopic (exact) mass is 473 g/mol. The van der Waals surface area contributed by atoms with Gasteiger partial charge in [0.25, 0.3) is 5.91 Å². The van der Waals surface area contributed by atoms with Crippen LogP contribution in [0.3, 0.4) is 0 Å². The molecule has 2 aliphatic heterocycles. The Labute approximate surface area is 199 Å². The summed E-state index contributed by atoms with van der Waals surface area (Å²) in [5.74, 6) is 1.23. The summed E-state index contributed by atoms with van der Waals surface area (Å²) >= 11 is 0. The number of ether oxygens (including phenoxy) is 1. The molecule has 13 heteroatoms. The minimum absolute atomic E-state index is 0.212. The van der Waals surface area contributed by atoms with Crippen molar-refractivity contribution in [1.29, 1.82) is 0 Å². The maximum Gasteiger partial charge on any atom is 0.255 e. The molecule has 1 amide bonds. The summed E-state index contributed by atoms with van der Waals surface area (Å²) in [5, 5.41) is 23.1. The Morgan fingerprint density at radius 2 is 2.03 bits per heavy atom. The number of H-pyrrole nitrogens is 1. The average Bonchev–Trinajstić information content (AvgIpc) is 3.54. The third kappa shape index (κ3) is 3.75. The first-order chi connectivity index (χ1) is 17.1. The fourth-order valence-corrected chi connectivity index (χ4v) is 4.33. The molecular formula is C22H23N11O2. The van der Waals surface area contributed by atoms with Crippen LogP contribution in [0.2, 0.25) is 0 Å². The molecule has 1 saturated heterocycles. The van der Waals surface area contributed by atoms with E-state index < -0.39 is 0 Å². The number of nitrogens with zero attached hydrogens (tertiary/aromatic N) is 9. The maximum absolute atomic E-state index is 13.2. The van der Waals surface area contributed by atoms with Crippen molar-refractivity contribution in [3.05, 3.63) is 41.9 Å². The number of amides is 1. The van der Waals surface area contributed by atoms with Crippen LogP contribution in [0, 0.1) is 0 Å². The highest BCUT2D eigenvalue weighted by atomic mass is 16.5. The Morgan fingerprint density at radius 3 is 2.89 bits per heavy atom. The van der Waals surface area contributed by atoms with Crippen molar-refractivity contribution in [2.45, 2.75) is 13.5 Å². The van der Waals surface area contributed by atoms with Crippen LogP contribution in [0.15, 0.2) is 41.9 Å². The number of aromatic nitrogens is 8. The number of fused-ring (bicyclic) bond motifs is 2. The van der Waals surface area contributed by atoms with Crippen LogP contribution in [0.1, 0.15) is 6.92 Å². The molecule has 6 rings (SSSR count). The van der Waals surface area contributed by atoms with Crippen LogP contribution in [0.25, 0.3) is 22.3 Å². The number of allylic oxidation sites excluding steroid dienone is 1. The predicted octanol–water partition coefficient (Wildman–Crippen LogP) is 1.21. The molecule has 1 aromatic carbocycles. The Morgan fingerprint density at radius 1 is 1.17 bits per heavy atom. The molecule has 0 aliphatic carbocycles. The molecule has 3 aromatic heterocycles. The Kier molecular flexibility index (Phi) is 5.10. The van der Waals surface area contributed by atoms with Gasteiger partial charge in [0.15, 0.2) is 0 Å². The lowest BCUT2D eigenvalue weighted by Gasteiger charge is -2.27. The molecule has 5 heterocycles. The van der Waals surface area contributed by atoms with Gasteiger partial charge in [-0.05, 0) is 35.5 Å². The Hall–Kier alpha value is -4.39. The van der Waals surface area contributed by atoms with E-state index in [0.717, 1.165) is 35.5 Å². The quantitative estimate of drug-likeness (QED) is 0.444. The van der Waals surface area contributed by atoms with Gasteiger partial charge >= 0.3 is 0 Å². The molecule has 0 bridgehead atoms. The minimum atomic E-state index is -0.212. The van der Waals surface area contributed by atoms with Crippen molar-refractivity contribution in [3.63, 3.8) is 0 Å². The van der Waals surface area contributed by atoms with Crippen molar-refractivity contribution in [3.8, 4) is 11.4 Å². The SMILES string of the molecule is CC1=C(C(=O)Nc2ccc3[nH]nc(-c4cc(N5CCOCC5)ncn4)c3c2)Cn2nnnc2N1C. The van der Waals surface area contributed by atoms with Gasteiger partial charge < -0.3 is 19.9 Å². The number of benzene rings is 1. The van der Waals surface area contributed by atoms with Gasteiger partial charge in [0, 0.05) is 43.0 Å². The van der Waals surface area contributed by atoms with E-state index in [1.165, 1.54) is 0 Å². The van der Waals surface area contributed by atoms with Gasteiger partial charge in [0.05, 0.1) is 36.5 Å². The van der Waals surface area contributed by atoms with Crippen molar-refractivity contribution >= 4 is 34.3 Å². The third-order valence-corrected chi connectivity index (χ3v) is 6.39. The number of hydrogen-bond donors (Lipinski definition) is 2. The summed E-state index contributed by atoms with van der Waals surface area (Å²) in [6.45, 7) is 5.10. The summed E-state index contributed by atoms with van der Waals surface area (Å²) < 4.78 is 7.04. The highest BCUT2D eigenvalue weighted by Crippen LogP contribution is 2.30. The molecule has 0 unspecified atom stereocenters. The van der Waals surface area contributed by atoms with E-state index in [1.54, 1.807) is 15.9 Å². The summed E-state index contributed by atoms with van der Waals surface area (Å²) in [5.41, 5.74) is 4.28. The molecule has 0 atom stereocenters. The van der Waals surface area contributed by atoms with Gasteiger partial charge in [0.1, 0.15) is 17.8 Å². The zero-order chi connectivity index (χ0) is 23.9. The number of tetrazole rings is 1. The number of nitrogens with one attached hydrogen (secondary N) is 2. The molecule has 0 radical (unpaired) electrons. The lowest BCUT2D eigenvalue weighted by molar-refractivity contribution is -0.113. The fourth-order valence-electron chi connectivity index (χ4n) is 4.33. The van der Waals surface area contributed by atoms with E-state index in [9.17, 15) is 4.79 Å². The van der Waals surface area contributed by atoms with Gasteiger partial charge in [-0.3, -0.25) is 9.89 Å². The van der Waals surface area contributed by atoms with E-state index >= 15 is 0 Å². The topological polar surface area (TPSA) is 143 Å². The fraction of sp³-hybridized carbons (Fsp3) is 0.318. The molecule has 35 heavy (non-hydrogen) atoms. The highest BCUT2D eigenvalue weighted by Gasteiger charge is 2.26. The predicted molar refractivity (Wildman–Crippen MR) is 128 cm³/mol. The van der Waals surface area contributed by atoms with Crippen LogP contribution in [0.4, 0.5) is 17.5 Å². The summed E-state index contributed by atoms with van der Waals surface area (Å²) in [7, 11) is 1.83. The van der Waals surface area contributed by atoms with Crippen molar-refractivity contribution in [1.82, 2.24) is 40.4 Å². The van der Waals surface area contributed by atoms with Crippen LogP contribution in [-0.4, -0.2) is 79.6 Å². The van der Waals surface area contributed by atoms with E-state index in [2.05, 4.69) is 45.9 Å². The normalized spacial score (nSPS) is 16.1. The average molecular weight is 474 g/mol. The number of rotatable bonds is 4. The van der Waals surface area contributed by atoms with Crippen molar-refractivity contribution in [2.24, 2.45) is 0 Å². The first kappa shape index (κ1) is 21.2. The minimum Gasteiger partial charge on any atom is -0.378 e. The van der Waals surface area contributed by atoms with E-state index in [0.29, 0.717) is 48.4 Å². The molecule has 2 N–H and O–H groups in total. The number of hydrogen-bond acceptors (Lipinski definition) is 10. The summed E-state index contributed by atoms with van der Waals surface area (Å²) in [6, 6.07) is 7.56. The molecule has 2 aliphatic rings. The third-order valence-electron chi connectivity index (χ3n) is 6.39. The number of anilines is 3. The zero-order valence-electron chi connectivity index (χ0n) is 19.3. The van der Waals surface area contributed by atoms with Gasteiger partial charge in [0.2, 0.25) is 5.95 Å². The Balaban J connectivity index is 1.28. The molecule has 1 fully saturated rings. The summed E-state index contributed by atoms with van der Waals surface area (Å²) in [6.07, 6.45) is 1.55. The smallest absolute Gasteiger partial charge is 0.255 e. The standard InChI is InChI=1S/C22H23N11O2/c1-13-16(11-33-22(31(13)2)28-29-30-33)21(34)25-14-3-4-17-15(9-14)20(27-26-17)18-10-19(24-12-23-18)32-5-7-35-8-6-32/h3-4,9-10,12H,5-8,11H2,1-2H3,(H,25,34)(H,26,27). The van der Waals surface area contributed by atoms with Crippen LogP contribution in [0.5, 0.6) is 0 Å². The number of carbonyl (C=O) groups excluding carboxylic acids is 1. The second kappa shape index (κ2) is 8.43. The Bertz CT molecular complexity index is 1450. The molecular weight excluding hydrogens is 450 g/mol. The van der Waals surface area contributed by atoms with Crippen molar-refractivity contribution in [2.75, 3.05) is 48.5 Å². The van der Waals surface area contributed by atoms with E-state index in [-0.39, 0.29) is 5.91 Å². The second-order valence-electron chi connectivity index (χ2n) is 8.41. The lowest BCUT2D eigenvalue weighted by Crippen LogP contribution is -2.36. The maximum atomic E-state index is 13.2. The largest absolute Gasteiger partial charge is 0.378 e. The first-order valence-electron chi connectivity index (χ1n) is 11.2. The van der Waals surface area contributed by atoms with E-state index in [1.807, 2.05) is 38.2 Å². The number of morpholine rings is 1. The van der Waals surface area contributed by atoms with Gasteiger partial charge in [-0.2, -0.15) is 5.10 Å². The van der Waals surface area contributed by atoms with Gasteiger partial charge in [-0.1, -0.05) is 5.10 Å². The van der Waals surface area contributed by atoms with E-state index in [4.69, 9.17) is 4.74 Å². The number of carbonyl (C=O) groups is 1. The highest BCUT2D eigenvalue weighted by molar-refractivity contribution is 6.06. The summed E-state index contributed by atoms with van der Waals surface area (Å²) in [4.78, 5) is 26.0. The molecule has 13 nitrogen and oxygen atoms in total. The van der Waals surface area contributed by atoms with Crippen LogP contribution in [-0.2, 0) is 16.1 Å².